The minimum Gasteiger partial charge on any atom is -0.292 e. The summed E-state index contributed by atoms with van der Waals surface area (Å²) >= 11 is 3.14. The smallest absolute Gasteiger partial charge is 0.202 e. The molecule has 0 aliphatic rings. The van der Waals surface area contributed by atoms with Crippen LogP contribution in [0, 0.1) is 0 Å². The van der Waals surface area contributed by atoms with Crippen LogP contribution in [0.5, 0.6) is 0 Å². The number of alkyl halides is 1. The maximum atomic E-state index is 12.1. The Balaban J connectivity index is 2.20. The zero-order chi connectivity index (χ0) is 13.0. The van der Waals surface area contributed by atoms with Gasteiger partial charge in [0.15, 0.2) is 5.78 Å². The van der Waals surface area contributed by atoms with Crippen LogP contribution < -0.4 is 0 Å². The Morgan fingerprint density at radius 3 is 2.22 bits per heavy atom. The van der Waals surface area contributed by atoms with Gasteiger partial charge in [0, 0.05) is 11.8 Å². The zero-order valence-corrected chi connectivity index (χ0v) is 11.0. The monoisotopic (exact) mass is 303 g/mol. The van der Waals surface area contributed by atoms with E-state index in [1.807, 2.05) is 6.07 Å². The molecule has 0 fully saturated rings. The summed E-state index contributed by atoms with van der Waals surface area (Å²) in [7, 11) is 0. The van der Waals surface area contributed by atoms with E-state index in [0.717, 1.165) is 0 Å². The Kier molecular flexibility index (Phi) is 3.99. The first kappa shape index (κ1) is 12.6. The molecule has 1 atom stereocenters. The van der Waals surface area contributed by atoms with Gasteiger partial charge in [0.05, 0.1) is 0 Å². The lowest BCUT2D eigenvalue weighted by Crippen LogP contribution is -2.25. The van der Waals surface area contributed by atoms with Crippen LogP contribution in [0.3, 0.4) is 0 Å². The van der Waals surface area contributed by atoms with Gasteiger partial charge in [0.2, 0.25) is 5.78 Å². The molecule has 18 heavy (non-hydrogen) atoms. The Morgan fingerprint density at radius 2 is 1.61 bits per heavy atom. The minimum absolute atomic E-state index is 0.258. The molecule has 2 aromatic rings. The normalized spacial score (nSPS) is 11.8. The van der Waals surface area contributed by atoms with Gasteiger partial charge in [-0.1, -0.05) is 52.3 Å². The third kappa shape index (κ3) is 2.71. The maximum absolute atomic E-state index is 12.1. The van der Waals surface area contributed by atoms with Gasteiger partial charge in [-0.25, -0.2) is 0 Å². The van der Waals surface area contributed by atoms with Gasteiger partial charge < -0.3 is 0 Å². The molecule has 1 unspecified atom stereocenters. The van der Waals surface area contributed by atoms with Crippen molar-refractivity contribution >= 4 is 27.5 Å². The predicted octanol–water partition coefficient (Wildman–Crippen LogP) is 2.91. The molecule has 0 amide bonds. The molecule has 0 N–H and O–H groups in total. The SMILES string of the molecule is O=C(c1ccccc1)C(Br)C(=O)c1ccccn1. The summed E-state index contributed by atoms with van der Waals surface area (Å²) in [6.07, 6.45) is 1.53. The van der Waals surface area contributed by atoms with Crippen molar-refractivity contribution in [2.24, 2.45) is 0 Å². The van der Waals surface area contributed by atoms with Gasteiger partial charge in [0.25, 0.3) is 0 Å². The molecule has 1 aromatic carbocycles. The van der Waals surface area contributed by atoms with Crippen LogP contribution in [0.15, 0.2) is 54.7 Å². The fourth-order valence-corrected chi connectivity index (χ4v) is 2.01. The van der Waals surface area contributed by atoms with Gasteiger partial charge in [0.1, 0.15) is 10.5 Å². The highest BCUT2D eigenvalue weighted by Crippen LogP contribution is 2.14. The molecule has 1 aromatic heterocycles. The molecule has 90 valence electrons. The van der Waals surface area contributed by atoms with E-state index in [-0.39, 0.29) is 17.3 Å². The van der Waals surface area contributed by atoms with Crippen molar-refractivity contribution < 1.29 is 9.59 Å². The van der Waals surface area contributed by atoms with Gasteiger partial charge >= 0.3 is 0 Å². The number of carbonyl (C=O) groups excluding carboxylic acids is 2. The lowest BCUT2D eigenvalue weighted by molar-refractivity contribution is 0.0903. The second-order valence-electron chi connectivity index (χ2n) is 3.67. The zero-order valence-electron chi connectivity index (χ0n) is 9.42. The molecule has 2 rings (SSSR count). The molecule has 0 spiro atoms. The van der Waals surface area contributed by atoms with Crippen LogP contribution >= 0.6 is 15.9 Å². The first-order valence-electron chi connectivity index (χ1n) is 5.38. The van der Waals surface area contributed by atoms with Crippen molar-refractivity contribution in [2.75, 3.05) is 0 Å². The maximum Gasteiger partial charge on any atom is 0.202 e. The Morgan fingerprint density at radius 1 is 0.944 bits per heavy atom. The third-order valence-electron chi connectivity index (χ3n) is 2.44. The fraction of sp³-hybridized carbons (Fsp3) is 0.0714. The minimum atomic E-state index is -0.894. The highest BCUT2D eigenvalue weighted by molar-refractivity contribution is 9.10. The van der Waals surface area contributed by atoms with Gasteiger partial charge in [-0.05, 0) is 12.1 Å². The largest absolute Gasteiger partial charge is 0.292 e. The van der Waals surface area contributed by atoms with Crippen LogP contribution in [0.4, 0.5) is 0 Å². The molecular formula is C14H10BrNO2. The first-order valence-corrected chi connectivity index (χ1v) is 6.30. The van der Waals surface area contributed by atoms with E-state index in [2.05, 4.69) is 20.9 Å². The van der Waals surface area contributed by atoms with Crippen LogP contribution in [0.2, 0.25) is 0 Å². The van der Waals surface area contributed by atoms with Gasteiger partial charge in [-0.3, -0.25) is 14.6 Å². The van der Waals surface area contributed by atoms with E-state index in [1.54, 1.807) is 42.5 Å². The number of Topliss-reactive ketones (excluding diaryl/α,β-unsaturated/α-hetero) is 2. The Labute approximate surface area is 113 Å². The third-order valence-corrected chi connectivity index (χ3v) is 3.27. The molecule has 0 saturated carbocycles. The van der Waals surface area contributed by atoms with E-state index < -0.39 is 4.83 Å². The Hall–Kier alpha value is -1.81. The van der Waals surface area contributed by atoms with Crippen molar-refractivity contribution in [2.45, 2.75) is 4.83 Å². The fourth-order valence-electron chi connectivity index (χ4n) is 1.51. The molecular weight excluding hydrogens is 294 g/mol. The Bertz CT molecular complexity index is 503. The molecule has 4 heteroatoms. The number of nitrogens with zero attached hydrogens (tertiary/aromatic N) is 1. The molecule has 0 radical (unpaired) electrons. The second kappa shape index (κ2) is 5.69. The summed E-state index contributed by atoms with van der Waals surface area (Å²) in [5.41, 5.74) is 0.785. The molecule has 3 nitrogen and oxygen atoms in total. The molecule has 0 saturated heterocycles. The van der Waals surface area contributed by atoms with Crippen molar-refractivity contribution in [3.8, 4) is 0 Å². The number of carbonyl (C=O) groups is 2. The average Bonchev–Trinajstić information content (AvgIpc) is 2.47. The average molecular weight is 304 g/mol. The van der Waals surface area contributed by atoms with Crippen LogP contribution in [0.25, 0.3) is 0 Å². The van der Waals surface area contributed by atoms with E-state index >= 15 is 0 Å². The van der Waals surface area contributed by atoms with Gasteiger partial charge in [-0.15, -0.1) is 0 Å². The summed E-state index contributed by atoms with van der Waals surface area (Å²) in [5, 5.41) is 0. The van der Waals surface area contributed by atoms with E-state index in [0.29, 0.717) is 5.56 Å². The highest BCUT2D eigenvalue weighted by Gasteiger charge is 2.26. The molecule has 0 aliphatic carbocycles. The van der Waals surface area contributed by atoms with Crippen molar-refractivity contribution in [1.82, 2.24) is 4.98 Å². The molecule has 0 aliphatic heterocycles. The second-order valence-corrected chi connectivity index (χ2v) is 4.59. The van der Waals surface area contributed by atoms with E-state index in [9.17, 15) is 9.59 Å². The summed E-state index contributed by atoms with van der Waals surface area (Å²) in [4.78, 5) is 27.1. The van der Waals surface area contributed by atoms with Crippen LogP contribution in [0.1, 0.15) is 20.8 Å². The summed E-state index contributed by atoms with van der Waals surface area (Å²) in [5.74, 6) is -0.587. The number of benzene rings is 1. The number of hydrogen-bond acceptors (Lipinski definition) is 3. The quantitative estimate of drug-likeness (QED) is 0.496. The van der Waals surface area contributed by atoms with Crippen molar-refractivity contribution in [3.63, 3.8) is 0 Å². The molecule has 0 bridgehead atoms. The topological polar surface area (TPSA) is 47.0 Å². The summed E-state index contributed by atoms with van der Waals surface area (Å²) in [6, 6.07) is 13.7. The number of ketones is 2. The van der Waals surface area contributed by atoms with Crippen molar-refractivity contribution in [1.29, 1.82) is 0 Å². The summed E-state index contributed by atoms with van der Waals surface area (Å²) in [6.45, 7) is 0. The molecule has 1 heterocycles. The number of hydrogen-bond donors (Lipinski definition) is 0. The standard InChI is InChI=1S/C14H10BrNO2/c15-12(13(17)10-6-2-1-3-7-10)14(18)11-8-4-5-9-16-11/h1-9,12H. The number of halogens is 1. The van der Waals surface area contributed by atoms with E-state index in [4.69, 9.17) is 0 Å². The van der Waals surface area contributed by atoms with Crippen LogP contribution in [-0.2, 0) is 0 Å². The van der Waals surface area contributed by atoms with Crippen molar-refractivity contribution in [3.05, 3.63) is 66.0 Å². The number of rotatable bonds is 4. The predicted molar refractivity (Wildman–Crippen MR) is 72.1 cm³/mol. The van der Waals surface area contributed by atoms with E-state index in [1.165, 1.54) is 6.20 Å². The first-order chi connectivity index (χ1) is 8.70. The highest BCUT2D eigenvalue weighted by atomic mass is 79.9. The summed E-state index contributed by atoms with van der Waals surface area (Å²) < 4.78 is 0. The lowest BCUT2D eigenvalue weighted by atomic mass is 10.0. The number of aromatic nitrogens is 1. The van der Waals surface area contributed by atoms with Gasteiger partial charge in [-0.2, -0.15) is 0 Å². The lowest BCUT2D eigenvalue weighted by Gasteiger charge is -2.07. The number of pyridine rings is 1. The van der Waals surface area contributed by atoms with Crippen LogP contribution in [-0.4, -0.2) is 21.4 Å².